The van der Waals surface area contributed by atoms with Crippen LogP contribution < -0.4 is 0 Å². The summed E-state index contributed by atoms with van der Waals surface area (Å²) in [5.74, 6) is -0.835. The minimum Gasteiger partial charge on any atom is -0.477 e. The van der Waals surface area contributed by atoms with Gasteiger partial charge in [-0.2, -0.15) is 0 Å². The van der Waals surface area contributed by atoms with Gasteiger partial charge in [0, 0.05) is 66.8 Å². The van der Waals surface area contributed by atoms with Gasteiger partial charge in [0.05, 0.1) is 9.75 Å². The fourth-order valence-corrected chi connectivity index (χ4v) is 10.0. The molecule has 0 radical (unpaired) electrons. The van der Waals surface area contributed by atoms with E-state index in [1.807, 2.05) is 196 Å². The summed E-state index contributed by atoms with van der Waals surface area (Å²) >= 11 is 9.94. The summed E-state index contributed by atoms with van der Waals surface area (Å²) in [6.07, 6.45) is 0. The Morgan fingerprint density at radius 2 is 0.657 bits per heavy atom. The summed E-state index contributed by atoms with van der Waals surface area (Å²) in [6.45, 7) is 0. The lowest BCUT2D eigenvalue weighted by atomic mass is 10.0. The number of benzene rings is 6. The average Bonchev–Trinajstić information content (AvgIpc) is 4.15. The van der Waals surface area contributed by atoms with Crippen LogP contribution in [0.2, 0.25) is 0 Å². The first-order chi connectivity index (χ1) is 33.6. The van der Waals surface area contributed by atoms with Crippen LogP contribution in [0.3, 0.4) is 0 Å². The van der Waals surface area contributed by atoms with E-state index in [1.54, 1.807) is 36.4 Å². The number of rotatable bonds is 9. The molecule has 70 heavy (non-hydrogen) atoms. The highest BCUT2D eigenvalue weighted by Gasteiger charge is 2.19. The highest BCUT2D eigenvalue weighted by molar-refractivity contribution is 8.26. The monoisotopic (exact) mass is 1060 g/mol. The van der Waals surface area contributed by atoms with Crippen molar-refractivity contribution in [3.05, 3.63) is 215 Å². The molecule has 14 heteroatoms. The quantitative estimate of drug-likeness (QED) is 0.145. The molecular weight excluding hydrogens is 1020 g/mol. The number of hydrogen-bond acceptors (Lipinski definition) is 8. The van der Waals surface area contributed by atoms with Gasteiger partial charge < -0.3 is 14.9 Å². The molecule has 0 spiro atoms. The van der Waals surface area contributed by atoms with Crippen LogP contribution in [0, 0.1) is 0 Å². The first-order valence-corrected chi connectivity index (χ1v) is 27.0. The zero-order valence-corrected chi connectivity index (χ0v) is 44.3. The first kappa shape index (κ1) is 54.9. The maximum atomic E-state index is 12.3. The molecule has 1 N–H and O–H groups in total. The maximum Gasteiger partial charge on any atom is 0.345 e. The summed E-state index contributed by atoms with van der Waals surface area (Å²) in [6, 6.07) is 65.9. The van der Waals surface area contributed by atoms with Gasteiger partial charge in [-0.25, -0.2) is 9.00 Å². The lowest BCUT2D eigenvalue weighted by Crippen LogP contribution is -2.20. The summed E-state index contributed by atoms with van der Waals surface area (Å²) in [5, 5.41) is 8.82. The molecule has 0 bridgehead atoms. The standard InChI is InChI=1S/C19H17NOS.C17H11ClOS.C17H12O2S.C3H9N.Cl2OS/c1-20(2)19(21)17-13-16(14-9-5-3-6-10-14)18(22-17)15-11-7-4-8-12-15;2*18-17(19)15-11-14(12-7-3-1-4-8-12)16(20-15)13-9-5-2-6-10-13;2*1-4(2)3/h3-13H,1-2H3;1-11H;1-11H,(H,18,19);1-3H3;. The van der Waals surface area contributed by atoms with Gasteiger partial charge in [0.1, 0.15) is 4.88 Å². The molecule has 7 nitrogen and oxygen atoms in total. The molecule has 0 saturated heterocycles. The molecule has 0 unspecified atom stereocenters. The third-order valence-electron chi connectivity index (χ3n) is 9.58. The Hall–Kier alpha value is -5.99. The molecule has 6 aromatic carbocycles. The SMILES string of the molecule is CN(C)C.CN(C)C(=O)c1cc(-c2ccccc2)c(-c2ccccc2)s1.O=C(Cl)c1cc(-c2ccccc2)c(-c2ccccc2)s1.O=C(O)c1cc(-c2ccccc2)c(-c2ccccc2)s1.O=S(Cl)Cl. The Kier molecular flexibility index (Phi) is 22.0. The van der Waals surface area contributed by atoms with Crippen LogP contribution in [0.5, 0.6) is 0 Å². The van der Waals surface area contributed by atoms with Crippen molar-refractivity contribution >= 4 is 93.3 Å². The molecule has 3 aromatic heterocycles. The van der Waals surface area contributed by atoms with Crippen molar-refractivity contribution in [3.63, 3.8) is 0 Å². The minimum absolute atomic E-state index is 0.0457. The Bertz CT molecular complexity index is 2750. The molecule has 0 aliphatic rings. The maximum absolute atomic E-state index is 12.3. The van der Waals surface area contributed by atoms with Crippen molar-refractivity contribution in [2.75, 3.05) is 35.2 Å². The van der Waals surface area contributed by atoms with Crippen LogP contribution in [0.15, 0.2) is 200 Å². The number of amides is 1. The topological polar surface area (TPSA) is 95.0 Å². The lowest BCUT2D eigenvalue weighted by molar-refractivity contribution is 0.0701. The number of carboxylic acids is 1. The van der Waals surface area contributed by atoms with Gasteiger partial charge in [-0.05, 0) is 84.3 Å². The largest absolute Gasteiger partial charge is 0.477 e. The van der Waals surface area contributed by atoms with Gasteiger partial charge in [-0.15, -0.1) is 34.0 Å². The predicted octanol–water partition coefficient (Wildman–Crippen LogP) is 16.2. The van der Waals surface area contributed by atoms with Crippen LogP contribution in [0.1, 0.15) is 29.0 Å². The van der Waals surface area contributed by atoms with Crippen LogP contribution in [0.4, 0.5) is 0 Å². The second-order valence-corrected chi connectivity index (χ2v) is 21.6. The van der Waals surface area contributed by atoms with Crippen molar-refractivity contribution < 1.29 is 23.7 Å². The normalized spacial score (nSPS) is 10.3. The van der Waals surface area contributed by atoms with E-state index in [9.17, 15) is 19.5 Å². The minimum atomic E-state index is -1.67. The number of hydrogen-bond donors (Lipinski definition) is 1. The molecule has 0 saturated carbocycles. The van der Waals surface area contributed by atoms with Crippen LogP contribution in [0.25, 0.3) is 64.7 Å². The summed E-state index contributed by atoms with van der Waals surface area (Å²) in [7, 11) is 16.9. The second-order valence-electron chi connectivity index (χ2n) is 15.6. The van der Waals surface area contributed by atoms with Crippen molar-refractivity contribution in [1.82, 2.24) is 9.80 Å². The van der Waals surface area contributed by atoms with E-state index in [0.29, 0.717) is 9.75 Å². The van der Waals surface area contributed by atoms with Crippen LogP contribution in [-0.4, -0.2) is 71.5 Å². The van der Waals surface area contributed by atoms with Crippen molar-refractivity contribution in [1.29, 1.82) is 0 Å². The molecule has 3 heterocycles. The highest BCUT2D eigenvalue weighted by atomic mass is 36.0. The number of carboxylic acid groups (broad SMARTS) is 1. The molecule has 0 atom stereocenters. The number of carbonyl (C=O) groups is 3. The molecule has 0 aliphatic carbocycles. The zero-order chi connectivity index (χ0) is 50.6. The highest BCUT2D eigenvalue weighted by Crippen LogP contribution is 2.42. The predicted molar refractivity (Wildman–Crippen MR) is 300 cm³/mol. The number of aromatic carboxylic acids is 1. The van der Waals surface area contributed by atoms with Gasteiger partial charge in [0.2, 0.25) is 9.23 Å². The Morgan fingerprint density at radius 3 is 0.914 bits per heavy atom. The van der Waals surface area contributed by atoms with E-state index in [2.05, 4.69) is 45.6 Å². The van der Waals surface area contributed by atoms with Crippen molar-refractivity contribution in [2.24, 2.45) is 0 Å². The van der Waals surface area contributed by atoms with Crippen LogP contribution in [-0.2, 0) is 9.23 Å². The number of thiophene rings is 3. The second kappa shape index (κ2) is 28.0. The fraction of sp³-hybridized carbons (Fsp3) is 0.0893. The number of carbonyl (C=O) groups excluding carboxylic acids is 2. The van der Waals surface area contributed by atoms with E-state index < -0.39 is 20.4 Å². The number of halogens is 3. The van der Waals surface area contributed by atoms with E-state index in [-0.39, 0.29) is 5.91 Å². The molecule has 9 rings (SSSR count). The molecule has 9 aromatic rings. The van der Waals surface area contributed by atoms with Gasteiger partial charge >= 0.3 is 5.97 Å². The average molecular weight is 1060 g/mol. The van der Waals surface area contributed by atoms with Gasteiger partial charge in [-0.1, -0.05) is 182 Å². The lowest BCUT2D eigenvalue weighted by Gasteiger charge is -2.07. The third kappa shape index (κ3) is 16.6. The van der Waals surface area contributed by atoms with Gasteiger partial charge in [0.15, 0.2) is 0 Å². The molecule has 358 valence electrons. The molecule has 1 amide bonds. The molecule has 0 aliphatic heterocycles. The Labute approximate surface area is 438 Å². The Morgan fingerprint density at radius 1 is 0.429 bits per heavy atom. The summed E-state index contributed by atoms with van der Waals surface area (Å²) < 4.78 is 9.09. The van der Waals surface area contributed by atoms with Gasteiger partial charge in [0.25, 0.3) is 11.1 Å². The summed E-state index contributed by atoms with van der Waals surface area (Å²) in [5.41, 5.74) is 9.68. The number of nitrogens with zero attached hydrogens (tertiary/aromatic N) is 2. The zero-order valence-electron chi connectivity index (χ0n) is 38.8. The third-order valence-corrected chi connectivity index (χ3v) is 13.4. The fourth-order valence-electron chi connectivity index (χ4n) is 6.61. The van der Waals surface area contributed by atoms with Gasteiger partial charge in [-0.3, -0.25) is 9.59 Å². The molecule has 0 fully saturated rings. The van der Waals surface area contributed by atoms with E-state index in [4.69, 9.17) is 15.8 Å². The van der Waals surface area contributed by atoms with Crippen LogP contribution >= 0.6 is 67.0 Å². The van der Waals surface area contributed by atoms with E-state index >= 15 is 0 Å². The summed E-state index contributed by atoms with van der Waals surface area (Å²) in [4.78, 5) is 43.5. The Balaban J connectivity index is 0.000000181. The first-order valence-electron chi connectivity index (χ1n) is 21.4. The molecular formula is C56H49Cl3N2O5S4. The van der Waals surface area contributed by atoms with Crippen molar-refractivity contribution in [3.8, 4) is 64.7 Å². The van der Waals surface area contributed by atoms with E-state index in [0.717, 1.165) is 69.6 Å². The van der Waals surface area contributed by atoms with E-state index in [1.165, 1.54) is 22.7 Å². The smallest absolute Gasteiger partial charge is 0.345 e. The van der Waals surface area contributed by atoms with Crippen molar-refractivity contribution in [2.45, 2.75) is 0 Å².